The lowest BCUT2D eigenvalue weighted by atomic mass is 10.3. The topological polar surface area (TPSA) is 71.0 Å². The van der Waals surface area contributed by atoms with E-state index in [9.17, 15) is 4.79 Å². The predicted molar refractivity (Wildman–Crippen MR) is 86.2 cm³/mol. The molecule has 0 aliphatic carbocycles. The molecule has 3 rings (SSSR count). The van der Waals surface area contributed by atoms with Crippen molar-refractivity contribution in [3.05, 3.63) is 29.3 Å². The van der Waals surface area contributed by atoms with Gasteiger partial charge in [0.1, 0.15) is 5.01 Å². The summed E-state index contributed by atoms with van der Waals surface area (Å²) in [6.45, 7) is 2.07. The quantitative estimate of drug-likeness (QED) is 0.800. The summed E-state index contributed by atoms with van der Waals surface area (Å²) in [6, 6.07) is 7.92. The Bertz CT molecular complexity index is 749. The second-order valence-corrected chi connectivity index (χ2v) is 6.69. The van der Waals surface area contributed by atoms with Crippen LogP contribution >= 0.6 is 22.7 Å². The third-order valence-corrected chi connectivity index (χ3v) is 4.67. The molecular formula is C13H13N5OS2. The van der Waals surface area contributed by atoms with Crippen molar-refractivity contribution in [2.75, 3.05) is 23.8 Å². The molecule has 1 aromatic carbocycles. The zero-order chi connectivity index (χ0) is 14.8. The van der Waals surface area contributed by atoms with Crippen LogP contribution in [-0.2, 0) is 4.79 Å². The van der Waals surface area contributed by atoms with Crippen molar-refractivity contribution in [3.8, 4) is 0 Å². The number of nitrogens with one attached hydrogen (secondary N) is 1. The number of nitrogens with zero attached hydrogens (tertiary/aromatic N) is 4. The fraction of sp³-hybridized carbons (Fsp3) is 0.231. The number of thiazole rings is 1. The summed E-state index contributed by atoms with van der Waals surface area (Å²) in [6.07, 6.45) is 0. The minimum Gasteiger partial charge on any atom is -0.342 e. The summed E-state index contributed by atoms with van der Waals surface area (Å²) in [5.74, 6) is -0.132. The van der Waals surface area contributed by atoms with Crippen LogP contribution in [0.5, 0.6) is 0 Å². The van der Waals surface area contributed by atoms with Crippen LogP contribution in [0.1, 0.15) is 5.01 Å². The Kier molecular flexibility index (Phi) is 3.80. The summed E-state index contributed by atoms with van der Waals surface area (Å²) >= 11 is 2.92. The summed E-state index contributed by atoms with van der Waals surface area (Å²) in [4.78, 5) is 18.3. The number of hydrogen-bond acceptors (Lipinski definition) is 7. The number of likely N-dealkylation sites (N-methyl/N-ethyl adjacent to an activating group) is 1. The lowest BCUT2D eigenvalue weighted by molar-refractivity contribution is -0.114. The fourth-order valence-electron chi connectivity index (χ4n) is 1.81. The number of carbonyl (C=O) groups is 1. The molecule has 108 valence electrons. The zero-order valence-corrected chi connectivity index (χ0v) is 13.2. The second kappa shape index (κ2) is 5.74. The van der Waals surface area contributed by atoms with Gasteiger partial charge in [0.2, 0.25) is 11.0 Å². The molecule has 8 heteroatoms. The highest BCUT2D eigenvalue weighted by Crippen LogP contribution is 2.27. The van der Waals surface area contributed by atoms with Crippen molar-refractivity contribution in [3.63, 3.8) is 0 Å². The van der Waals surface area contributed by atoms with Crippen molar-refractivity contribution < 1.29 is 4.79 Å². The molecule has 0 atom stereocenters. The highest BCUT2D eigenvalue weighted by atomic mass is 32.1. The van der Waals surface area contributed by atoms with E-state index in [0.29, 0.717) is 5.13 Å². The van der Waals surface area contributed by atoms with E-state index in [-0.39, 0.29) is 12.5 Å². The number of aromatic nitrogens is 3. The molecule has 0 saturated heterocycles. The van der Waals surface area contributed by atoms with Crippen molar-refractivity contribution >= 4 is 49.1 Å². The van der Waals surface area contributed by atoms with E-state index in [2.05, 4.69) is 20.5 Å². The third-order valence-electron chi connectivity index (χ3n) is 2.76. The molecule has 0 bridgehead atoms. The number of amides is 1. The molecule has 0 unspecified atom stereocenters. The number of benzene rings is 1. The van der Waals surface area contributed by atoms with E-state index in [1.54, 1.807) is 11.3 Å². The van der Waals surface area contributed by atoms with Gasteiger partial charge in [-0.15, -0.1) is 10.2 Å². The molecule has 21 heavy (non-hydrogen) atoms. The van der Waals surface area contributed by atoms with Gasteiger partial charge in [-0.1, -0.05) is 34.8 Å². The maximum Gasteiger partial charge on any atom is 0.245 e. The number of aryl methyl sites for hydroxylation is 1. The van der Waals surface area contributed by atoms with Gasteiger partial charge < -0.3 is 4.90 Å². The van der Waals surface area contributed by atoms with Gasteiger partial charge >= 0.3 is 0 Å². The summed E-state index contributed by atoms with van der Waals surface area (Å²) < 4.78 is 1.11. The first-order chi connectivity index (χ1) is 10.1. The van der Waals surface area contributed by atoms with Gasteiger partial charge in [0.25, 0.3) is 0 Å². The standard InChI is InChI=1S/C13H13N5OS2/c1-8-16-17-12(20-8)15-11(19)7-18(2)13-14-9-5-3-4-6-10(9)21-13/h3-6H,7H2,1-2H3,(H,15,17,19). The maximum atomic E-state index is 12.0. The van der Waals surface area contributed by atoms with Crippen molar-refractivity contribution in [2.45, 2.75) is 6.92 Å². The normalized spacial score (nSPS) is 10.8. The van der Waals surface area contributed by atoms with Crippen LogP contribution in [0.3, 0.4) is 0 Å². The van der Waals surface area contributed by atoms with Gasteiger partial charge in [-0.2, -0.15) is 0 Å². The lowest BCUT2D eigenvalue weighted by Crippen LogP contribution is -2.29. The van der Waals surface area contributed by atoms with Gasteiger partial charge in [0, 0.05) is 7.05 Å². The molecule has 0 radical (unpaired) electrons. The molecule has 2 heterocycles. The van der Waals surface area contributed by atoms with Crippen LogP contribution in [-0.4, -0.2) is 34.7 Å². The molecule has 1 N–H and O–H groups in total. The number of carbonyl (C=O) groups excluding carboxylic acids is 1. The minimum atomic E-state index is -0.132. The first-order valence-corrected chi connectivity index (χ1v) is 7.92. The largest absolute Gasteiger partial charge is 0.342 e. The Morgan fingerprint density at radius 2 is 2.10 bits per heavy atom. The average molecular weight is 319 g/mol. The van der Waals surface area contributed by atoms with E-state index in [1.165, 1.54) is 11.3 Å². The third kappa shape index (κ3) is 3.17. The number of anilines is 2. The first-order valence-electron chi connectivity index (χ1n) is 6.28. The fourth-order valence-corrected chi connectivity index (χ4v) is 3.35. The van der Waals surface area contributed by atoms with E-state index in [0.717, 1.165) is 20.4 Å². The monoisotopic (exact) mass is 319 g/mol. The minimum absolute atomic E-state index is 0.132. The Morgan fingerprint density at radius 3 is 2.81 bits per heavy atom. The van der Waals surface area contributed by atoms with Gasteiger partial charge in [0.05, 0.1) is 16.8 Å². The lowest BCUT2D eigenvalue weighted by Gasteiger charge is -2.14. The molecular weight excluding hydrogens is 306 g/mol. The molecule has 0 spiro atoms. The molecule has 1 amide bonds. The number of fused-ring (bicyclic) bond motifs is 1. The molecule has 2 aromatic heterocycles. The van der Waals surface area contributed by atoms with Gasteiger partial charge in [0.15, 0.2) is 5.13 Å². The molecule has 6 nitrogen and oxygen atoms in total. The van der Waals surface area contributed by atoms with Crippen LogP contribution < -0.4 is 10.2 Å². The van der Waals surface area contributed by atoms with Crippen LogP contribution in [0, 0.1) is 6.92 Å². The van der Waals surface area contributed by atoms with Crippen LogP contribution in [0.25, 0.3) is 10.2 Å². The SMILES string of the molecule is Cc1nnc(NC(=O)CN(C)c2nc3ccccc3s2)s1. The molecule has 0 saturated carbocycles. The first kappa shape index (κ1) is 13.9. The van der Waals surface area contributed by atoms with E-state index in [1.807, 2.05) is 43.1 Å². The smallest absolute Gasteiger partial charge is 0.245 e. The van der Waals surface area contributed by atoms with Crippen molar-refractivity contribution in [2.24, 2.45) is 0 Å². The zero-order valence-electron chi connectivity index (χ0n) is 11.5. The highest BCUT2D eigenvalue weighted by molar-refractivity contribution is 7.22. The summed E-state index contributed by atoms with van der Waals surface area (Å²) in [5, 5.41) is 12.6. The highest BCUT2D eigenvalue weighted by Gasteiger charge is 2.13. The van der Waals surface area contributed by atoms with Crippen LogP contribution in [0.4, 0.5) is 10.3 Å². The Morgan fingerprint density at radius 1 is 1.29 bits per heavy atom. The summed E-state index contributed by atoms with van der Waals surface area (Å²) in [7, 11) is 1.85. The van der Waals surface area contributed by atoms with Crippen molar-refractivity contribution in [1.29, 1.82) is 0 Å². The van der Waals surface area contributed by atoms with Gasteiger partial charge in [-0.25, -0.2) is 4.98 Å². The van der Waals surface area contributed by atoms with Crippen molar-refractivity contribution in [1.82, 2.24) is 15.2 Å². The van der Waals surface area contributed by atoms with Crippen LogP contribution in [0.15, 0.2) is 24.3 Å². The van der Waals surface area contributed by atoms with Gasteiger partial charge in [-0.3, -0.25) is 10.1 Å². The summed E-state index contributed by atoms with van der Waals surface area (Å²) in [5.41, 5.74) is 0.949. The molecule has 3 aromatic rings. The Hall–Kier alpha value is -2.06. The van der Waals surface area contributed by atoms with E-state index in [4.69, 9.17) is 0 Å². The number of hydrogen-bond donors (Lipinski definition) is 1. The molecule has 0 fully saturated rings. The van der Waals surface area contributed by atoms with E-state index >= 15 is 0 Å². The average Bonchev–Trinajstić information content (AvgIpc) is 3.04. The Labute approximate surface area is 129 Å². The van der Waals surface area contributed by atoms with Crippen LogP contribution in [0.2, 0.25) is 0 Å². The van der Waals surface area contributed by atoms with Gasteiger partial charge in [-0.05, 0) is 19.1 Å². The predicted octanol–water partition coefficient (Wildman–Crippen LogP) is 2.53. The molecule has 0 aliphatic rings. The number of para-hydroxylation sites is 1. The second-order valence-electron chi connectivity index (χ2n) is 4.49. The molecule has 0 aliphatic heterocycles. The van der Waals surface area contributed by atoms with E-state index < -0.39 is 0 Å². The maximum absolute atomic E-state index is 12.0. The number of rotatable bonds is 4. The Balaban J connectivity index is 1.67.